The first-order chi connectivity index (χ1) is 12.8. The molecule has 154 valence electrons. The van der Waals surface area contributed by atoms with Gasteiger partial charge in [0.1, 0.15) is 5.60 Å². The summed E-state index contributed by atoms with van der Waals surface area (Å²) in [6.07, 6.45) is 5.28. The standard InChI is InChI=1S/C19H35N5O2S/c1-7-9-14(24-18(25)26-19(3,4)5)12-23-17(20-6)21-11-10-16-22-13-15(8-2)27-16/h13-14H,7-12H2,1-6H3,(H,24,25)(H2,20,21,23). The highest BCUT2D eigenvalue weighted by atomic mass is 32.1. The lowest BCUT2D eigenvalue weighted by atomic mass is 10.1. The fourth-order valence-electron chi connectivity index (χ4n) is 2.40. The summed E-state index contributed by atoms with van der Waals surface area (Å²) < 4.78 is 5.34. The monoisotopic (exact) mass is 397 g/mol. The normalized spacial score (nSPS) is 13.2. The molecule has 0 aliphatic rings. The zero-order valence-electron chi connectivity index (χ0n) is 17.5. The Kier molecular flexibility index (Phi) is 10.1. The van der Waals surface area contributed by atoms with Crippen LogP contribution in [0.5, 0.6) is 0 Å². The number of thiazole rings is 1. The molecule has 0 aliphatic heterocycles. The molecule has 0 spiro atoms. The predicted octanol–water partition coefficient (Wildman–Crippen LogP) is 3.11. The van der Waals surface area contributed by atoms with E-state index in [1.54, 1.807) is 18.4 Å². The van der Waals surface area contributed by atoms with Gasteiger partial charge in [-0.25, -0.2) is 9.78 Å². The van der Waals surface area contributed by atoms with Crippen LogP contribution in [0.4, 0.5) is 4.79 Å². The molecular weight excluding hydrogens is 362 g/mol. The quantitative estimate of drug-likeness (QED) is 0.440. The van der Waals surface area contributed by atoms with Crippen molar-refractivity contribution in [2.24, 2.45) is 4.99 Å². The van der Waals surface area contributed by atoms with E-state index in [1.165, 1.54) is 4.88 Å². The molecule has 0 aromatic carbocycles. The third kappa shape index (κ3) is 10.2. The van der Waals surface area contributed by atoms with Crippen LogP contribution in [0.15, 0.2) is 11.2 Å². The summed E-state index contributed by atoms with van der Waals surface area (Å²) in [5, 5.41) is 10.6. The molecule has 0 radical (unpaired) electrons. The Hall–Kier alpha value is -1.83. The van der Waals surface area contributed by atoms with Crippen molar-refractivity contribution < 1.29 is 9.53 Å². The van der Waals surface area contributed by atoms with Crippen molar-refractivity contribution in [3.8, 4) is 0 Å². The Morgan fingerprint density at radius 1 is 1.33 bits per heavy atom. The Labute approximate surface area is 167 Å². The van der Waals surface area contributed by atoms with E-state index in [-0.39, 0.29) is 12.1 Å². The number of amides is 1. The van der Waals surface area contributed by atoms with Crippen LogP contribution in [-0.2, 0) is 17.6 Å². The van der Waals surface area contributed by atoms with Crippen molar-refractivity contribution in [1.29, 1.82) is 0 Å². The second-order valence-corrected chi connectivity index (χ2v) is 8.54. The van der Waals surface area contributed by atoms with Gasteiger partial charge in [0.15, 0.2) is 5.96 Å². The van der Waals surface area contributed by atoms with Gasteiger partial charge >= 0.3 is 6.09 Å². The number of aryl methyl sites for hydroxylation is 1. The Morgan fingerprint density at radius 3 is 2.63 bits per heavy atom. The number of carbonyl (C=O) groups is 1. The molecule has 3 N–H and O–H groups in total. The van der Waals surface area contributed by atoms with Gasteiger partial charge < -0.3 is 20.7 Å². The molecule has 1 amide bonds. The molecule has 1 unspecified atom stereocenters. The summed E-state index contributed by atoms with van der Waals surface area (Å²) in [7, 11) is 1.74. The maximum Gasteiger partial charge on any atom is 0.407 e. The molecule has 1 aromatic heterocycles. The minimum Gasteiger partial charge on any atom is -0.444 e. The van der Waals surface area contributed by atoms with E-state index >= 15 is 0 Å². The van der Waals surface area contributed by atoms with Crippen LogP contribution < -0.4 is 16.0 Å². The van der Waals surface area contributed by atoms with Crippen LogP contribution in [0, 0.1) is 0 Å². The summed E-state index contributed by atoms with van der Waals surface area (Å²) in [5.74, 6) is 0.717. The van der Waals surface area contributed by atoms with Gasteiger partial charge in [0.25, 0.3) is 0 Å². The third-order valence-electron chi connectivity index (χ3n) is 3.68. The Morgan fingerprint density at radius 2 is 2.07 bits per heavy atom. The lowest BCUT2D eigenvalue weighted by molar-refractivity contribution is 0.0502. The van der Waals surface area contributed by atoms with Crippen molar-refractivity contribution in [3.63, 3.8) is 0 Å². The van der Waals surface area contributed by atoms with Gasteiger partial charge in [0, 0.05) is 43.7 Å². The van der Waals surface area contributed by atoms with Gasteiger partial charge in [-0.1, -0.05) is 20.3 Å². The van der Waals surface area contributed by atoms with E-state index in [2.05, 4.69) is 39.8 Å². The van der Waals surface area contributed by atoms with Gasteiger partial charge in [-0.05, 0) is 33.6 Å². The molecule has 0 saturated heterocycles. The van der Waals surface area contributed by atoms with Crippen molar-refractivity contribution >= 4 is 23.4 Å². The van der Waals surface area contributed by atoms with Crippen molar-refractivity contribution in [3.05, 3.63) is 16.1 Å². The predicted molar refractivity (Wildman–Crippen MR) is 113 cm³/mol. The number of nitrogens with one attached hydrogen (secondary N) is 3. The van der Waals surface area contributed by atoms with Crippen LogP contribution in [-0.4, -0.2) is 48.8 Å². The van der Waals surface area contributed by atoms with E-state index in [0.29, 0.717) is 6.54 Å². The van der Waals surface area contributed by atoms with Gasteiger partial charge in [0.05, 0.1) is 5.01 Å². The molecule has 8 heteroatoms. The fourth-order valence-corrected chi connectivity index (χ4v) is 3.27. The van der Waals surface area contributed by atoms with Crippen molar-refractivity contribution in [2.75, 3.05) is 20.1 Å². The lowest BCUT2D eigenvalue weighted by Gasteiger charge is -2.24. The topological polar surface area (TPSA) is 87.6 Å². The van der Waals surface area contributed by atoms with E-state index in [0.717, 1.165) is 43.2 Å². The highest BCUT2D eigenvalue weighted by Gasteiger charge is 2.19. The number of carbonyl (C=O) groups excluding carboxylic acids is 1. The smallest absolute Gasteiger partial charge is 0.407 e. The minimum absolute atomic E-state index is 0.0190. The first kappa shape index (κ1) is 23.2. The highest BCUT2D eigenvalue weighted by Crippen LogP contribution is 2.13. The number of aliphatic imine (C=N–C) groups is 1. The first-order valence-corrected chi connectivity index (χ1v) is 10.5. The summed E-state index contributed by atoms with van der Waals surface area (Å²) in [5.41, 5.74) is -0.501. The number of rotatable bonds is 9. The number of nitrogens with zero attached hydrogens (tertiary/aromatic N) is 2. The van der Waals surface area contributed by atoms with E-state index in [9.17, 15) is 4.79 Å². The Bertz CT molecular complexity index is 595. The molecule has 1 atom stereocenters. The number of ether oxygens (including phenoxy) is 1. The molecule has 0 fully saturated rings. The summed E-state index contributed by atoms with van der Waals surface area (Å²) >= 11 is 1.76. The van der Waals surface area contributed by atoms with E-state index in [1.807, 2.05) is 27.0 Å². The molecule has 0 aliphatic carbocycles. The average molecular weight is 398 g/mol. The van der Waals surface area contributed by atoms with Crippen LogP contribution in [0.25, 0.3) is 0 Å². The van der Waals surface area contributed by atoms with Gasteiger partial charge in [-0.3, -0.25) is 4.99 Å². The molecule has 1 aromatic rings. The van der Waals surface area contributed by atoms with E-state index in [4.69, 9.17) is 4.74 Å². The zero-order valence-corrected chi connectivity index (χ0v) is 18.3. The molecular formula is C19H35N5O2S. The molecule has 0 saturated carbocycles. The maximum atomic E-state index is 12.0. The molecule has 27 heavy (non-hydrogen) atoms. The van der Waals surface area contributed by atoms with Crippen LogP contribution >= 0.6 is 11.3 Å². The van der Waals surface area contributed by atoms with Crippen molar-refractivity contribution in [2.45, 2.75) is 71.9 Å². The number of alkyl carbamates (subject to hydrolysis) is 1. The first-order valence-electron chi connectivity index (χ1n) is 9.65. The number of hydrogen-bond acceptors (Lipinski definition) is 5. The number of aromatic nitrogens is 1. The summed E-state index contributed by atoms with van der Waals surface area (Å²) in [6.45, 7) is 11.2. The Balaban J connectivity index is 2.41. The molecule has 1 rings (SSSR count). The molecule has 7 nitrogen and oxygen atoms in total. The summed E-state index contributed by atoms with van der Waals surface area (Å²) in [4.78, 5) is 22.0. The van der Waals surface area contributed by atoms with Crippen LogP contribution in [0.2, 0.25) is 0 Å². The van der Waals surface area contributed by atoms with Gasteiger partial charge in [-0.2, -0.15) is 0 Å². The van der Waals surface area contributed by atoms with Crippen LogP contribution in [0.3, 0.4) is 0 Å². The second kappa shape index (κ2) is 11.8. The summed E-state index contributed by atoms with van der Waals surface area (Å²) in [6, 6.07) is -0.0190. The number of hydrogen-bond donors (Lipinski definition) is 3. The number of guanidine groups is 1. The third-order valence-corrected chi connectivity index (χ3v) is 4.88. The maximum absolute atomic E-state index is 12.0. The SMILES string of the molecule is CCCC(CNC(=NC)NCCc1ncc(CC)s1)NC(=O)OC(C)(C)C. The second-order valence-electron chi connectivity index (χ2n) is 7.34. The van der Waals surface area contributed by atoms with E-state index < -0.39 is 5.60 Å². The van der Waals surface area contributed by atoms with Gasteiger partial charge in [-0.15, -0.1) is 11.3 Å². The zero-order chi connectivity index (χ0) is 20.3. The average Bonchev–Trinajstić information content (AvgIpc) is 3.04. The largest absolute Gasteiger partial charge is 0.444 e. The lowest BCUT2D eigenvalue weighted by Crippen LogP contribution is -2.48. The van der Waals surface area contributed by atoms with Crippen LogP contribution in [0.1, 0.15) is 57.3 Å². The minimum atomic E-state index is -0.501. The van der Waals surface area contributed by atoms with Gasteiger partial charge in [0.2, 0.25) is 0 Å². The molecule has 0 bridgehead atoms. The fraction of sp³-hybridized carbons (Fsp3) is 0.737. The van der Waals surface area contributed by atoms with Crippen molar-refractivity contribution in [1.82, 2.24) is 20.9 Å². The highest BCUT2D eigenvalue weighted by molar-refractivity contribution is 7.11. The molecule has 1 heterocycles.